The molecule has 2 N–H and O–H groups in total. The summed E-state index contributed by atoms with van der Waals surface area (Å²) in [5, 5.41) is 6.63. The molecule has 23 heavy (non-hydrogen) atoms. The summed E-state index contributed by atoms with van der Waals surface area (Å²) in [4.78, 5) is 28.1. The van der Waals surface area contributed by atoms with Crippen LogP contribution in [0.25, 0.3) is 10.2 Å². The van der Waals surface area contributed by atoms with E-state index in [0.29, 0.717) is 6.54 Å². The smallest absolute Gasteiger partial charge is 0.242 e. The number of carbonyl (C=O) groups is 2. The molecule has 0 aliphatic rings. The van der Waals surface area contributed by atoms with Gasteiger partial charge in [0.1, 0.15) is 6.04 Å². The standard InChI is InChI=1S/C17H23N3O2S/c1-10(2)15(19-12(4)21)16(22)18-9-11(3)17-20-13-7-5-6-8-14(13)23-17/h5-8,10-11,15H,9H2,1-4H3,(H,18,22)(H,19,21). The molecule has 0 fully saturated rings. The van der Waals surface area contributed by atoms with Crippen LogP contribution in [0.15, 0.2) is 24.3 Å². The Morgan fingerprint density at radius 3 is 2.52 bits per heavy atom. The molecule has 2 aromatic rings. The summed E-state index contributed by atoms with van der Waals surface area (Å²) >= 11 is 1.65. The van der Waals surface area contributed by atoms with Gasteiger partial charge >= 0.3 is 0 Å². The fourth-order valence-electron chi connectivity index (χ4n) is 2.31. The molecule has 2 unspecified atom stereocenters. The van der Waals surface area contributed by atoms with Crippen molar-refractivity contribution in [2.75, 3.05) is 6.54 Å². The topological polar surface area (TPSA) is 71.1 Å². The van der Waals surface area contributed by atoms with Crippen LogP contribution in [-0.2, 0) is 9.59 Å². The molecule has 5 nitrogen and oxygen atoms in total. The molecule has 1 aromatic carbocycles. The molecule has 0 radical (unpaired) electrons. The molecule has 1 heterocycles. The molecule has 0 bridgehead atoms. The molecule has 0 aliphatic heterocycles. The average molecular weight is 333 g/mol. The minimum absolute atomic E-state index is 0.0386. The molecular weight excluding hydrogens is 310 g/mol. The van der Waals surface area contributed by atoms with E-state index in [2.05, 4.69) is 15.6 Å². The largest absolute Gasteiger partial charge is 0.354 e. The van der Waals surface area contributed by atoms with Crippen molar-refractivity contribution in [3.8, 4) is 0 Å². The lowest BCUT2D eigenvalue weighted by Gasteiger charge is -2.21. The van der Waals surface area contributed by atoms with E-state index in [4.69, 9.17) is 0 Å². The van der Waals surface area contributed by atoms with E-state index in [0.717, 1.165) is 15.2 Å². The van der Waals surface area contributed by atoms with E-state index < -0.39 is 6.04 Å². The summed E-state index contributed by atoms with van der Waals surface area (Å²) in [5.74, 6) is -0.181. The maximum absolute atomic E-state index is 12.3. The van der Waals surface area contributed by atoms with Gasteiger partial charge in [0.05, 0.1) is 15.2 Å². The Morgan fingerprint density at radius 2 is 1.91 bits per heavy atom. The molecule has 2 atom stereocenters. The van der Waals surface area contributed by atoms with Gasteiger partial charge in [0.2, 0.25) is 11.8 Å². The second-order valence-electron chi connectivity index (χ2n) is 6.09. The predicted molar refractivity (Wildman–Crippen MR) is 93.5 cm³/mol. The Labute approximate surface area is 140 Å². The highest BCUT2D eigenvalue weighted by atomic mass is 32.1. The molecule has 124 valence electrons. The summed E-state index contributed by atoms with van der Waals surface area (Å²) < 4.78 is 1.15. The van der Waals surface area contributed by atoms with Crippen LogP contribution in [0.5, 0.6) is 0 Å². The first-order valence-corrected chi connectivity index (χ1v) is 8.60. The van der Waals surface area contributed by atoms with Crippen LogP contribution in [0.1, 0.15) is 38.6 Å². The number of rotatable bonds is 6. The Bertz CT molecular complexity index is 663. The van der Waals surface area contributed by atoms with E-state index >= 15 is 0 Å². The Hall–Kier alpha value is -1.95. The number of amides is 2. The summed E-state index contributed by atoms with van der Waals surface area (Å²) in [6.45, 7) is 7.79. The first kappa shape index (κ1) is 17.4. The van der Waals surface area contributed by atoms with Gasteiger partial charge in [0, 0.05) is 19.4 Å². The zero-order chi connectivity index (χ0) is 17.0. The van der Waals surface area contributed by atoms with Gasteiger partial charge in [-0.25, -0.2) is 4.98 Å². The third-order valence-corrected chi connectivity index (χ3v) is 4.89. The fraction of sp³-hybridized carbons (Fsp3) is 0.471. The quantitative estimate of drug-likeness (QED) is 0.854. The highest BCUT2D eigenvalue weighted by molar-refractivity contribution is 7.18. The number of thiazole rings is 1. The molecule has 2 rings (SSSR count). The molecule has 0 saturated heterocycles. The van der Waals surface area contributed by atoms with Crippen LogP contribution >= 0.6 is 11.3 Å². The van der Waals surface area contributed by atoms with Gasteiger partial charge in [-0.3, -0.25) is 9.59 Å². The molecule has 6 heteroatoms. The number of nitrogens with zero attached hydrogens (tertiary/aromatic N) is 1. The van der Waals surface area contributed by atoms with Crippen molar-refractivity contribution in [1.82, 2.24) is 15.6 Å². The summed E-state index contributed by atoms with van der Waals surface area (Å²) in [5.41, 5.74) is 0.990. The van der Waals surface area contributed by atoms with Crippen molar-refractivity contribution in [1.29, 1.82) is 0 Å². The first-order chi connectivity index (χ1) is 10.9. The molecular formula is C17H23N3O2S. The number of carbonyl (C=O) groups excluding carboxylic acids is 2. The van der Waals surface area contributed by atoms with Crippen molar-refractivity contribution in [2.24, 2.45) is 5.92 Å². The van der Waals surface area contributed by atoms with E-state index in [1.165, 1.54) is 6.92 Å². The second kappa shape index (κ2) is 7.55. The lowest BCUT2D eigenvalue weighted by Crippen LogP contribution is -2.49. The van der Waals surface area contributed by atoms with Gasteiger partial charge in [-0.1, -0.05) is 32.9 Å². The predicted octanol–water partition coefficient (Wildman–Crippen LogP) is 2.68. The van der Waals surface area contributed by atoms with Crippen molar-refractivity contribution in [3.05, 3.63) is 29.3 Å². The van der Waals surface area contributed by atoms with Gasteiger partial charge in [-0.15, -0.1) is 11.3 Å². The van der Waals surface area contributed by atoms with Crippen molar-refractivity contribution in [2.45, 2.75) is 39.7 Å². The maximum atomic E-state index is 12.3. The van der Waals surface area contributed by atoms with Crippen LogP contribution < -0.4 is 10.6 Å². The maximum Gasteiger partial charge on any atom is 0.242 e. The van der Waals surface area contributed by atoms with E-state index in [1.807, 2.05) is 45.0 Å². The lowest BCUT2D eigenvalue weighted by atomic mass is 10.0. The molecule has 2 amide bonds. The van der Waals surface area contributed by atoms with Crippen LogP contribution in [0.4, 0.5) is 0 Å². The normalized spacial score (nSPS) is 13.8. The Balaban J connectivity index is 1.98. The zero-order valence-corrected chi connectivity index (χ0v) is 14.7. The van der Waals surface area contributed by atoms with Gasteiger partial charge < -0.3 is 10.6 Å². The summed E-state index contributed by atoms with van der Waals surface area (Å²) in [7, 11) is 0. The number of nitrogens with one attached hydrogen (secondary N) is 2. The van der Waals surface area contributed by atoms with Gasteiger partial charge in [0.25, 0.3) is 0 Å². The van der Waals surface area contributed by atoms with Gasteiger partial charge in [-0.05, 0) is 18.1 Å². The molecule has 1 aromatic heterocycles. The minimum Gasteiger partial charge on any atom is -0.354 e. The lowest BCUT2D eigenvalue weighted by molar-refractivity contribution is -0.129. The number of benzene rings is 1. The number of hydrogen-bond donors (Lipinski definition) is 2. The highest BCUT2D eigenvalue weighted by Crippen LogP contribution is 2.26. The van der Waals surface area contributed by atoms with Gasteiger partial charge in [0.15, 0.2) is 0 Å². The first-order valence-electron chi connectivity index (χ1n) is 7.78. The summed E-state index contributed by atoms with van der Waals surface area (Å²) in [6, 6.07) is 7.51. The molecule has 0 aliphatic carbocycles. The van der Waals surface area contributed by atoms with Crippen molar-refractivity contribution >= 4 is 33.4 Å². The second-order valence-corrected chi connectivity index (χ2v) is 7.15. The number of aromatic nitrogens is 1. The Kier molecular flexibility index (Phi) is 5.71. The van der Waals surface area contributed by atoms with Crippen molar-refractivity contribution < 1.29 is 9.59 Å². The van der Waals surface area contributed by atoms with Crippen LogP contribution in [0, 0.1) is 5.92 Å². The molecule has 0 spiro atoms. The third kappa shape index (κ3) is 4.51. The minimum atomic E-state index is -0.505. The fourth-order valence-corrected chi connectivity index (χ4v) is 3.32. The average Bonchev–Trinajstić information content (AvgIpc) is 2.93. The number of fused-ring (bicyclic) bond motifs is 1. The van der Waals surface area contributed by atoms with Crippen LogP contribution in [-0.4, -0.2) is 29.4 Å². The van der Waals surface area contributed by atoms with Crippen LogP contribution in [0.3, 0.4) is 0 Å². The van der Waals surface area contributed by atoms with E-state index in [1.54, 1.807) is 11.3 Å². The Morgan fingerprint density at radius 1 is 1.22 bits per heavy atom. The number of para-hydroxylation sites is 1. The van der Waals surface area contributed by atoms with Crippen molar-refractivity contribution in [3.63, 3.8) is 0 Å². The SMILES string of the molecule is CC(=O)NC(C(=O)NCC(C)c1nc2ccccc2s1)C(C)C. The van der Waals surface area contributed by atoms with E-state index in [9.17, 15) is 9.59 Å². The van der Waals surface area contributed by atoms with Gasteiger partial charge in [-0.2, -0.15) is 0 Å². The van der Waals surface area contributed by atoms with E-state index in [-0.39, 0.29) is 23.7 Å². The zero-order valence-electron chi connectivity index (χ0n) is 13.9. The van der Waals surface area contributed by atoms with Crippen LogP contribution in [0.2, 0.25) is 0 Å². The third-order valence-electron chi connectivity index (χ3n) is 3.62. The summed E-state index contributed by atoms with van der Waals surface area (Å²) in [6.07, 6.45) is 0. The monoisotopic (exact) mass is 333 g/mol. The highest BCUT2D eigenvalue weighted by Gasteiger charge is 2.23. The number of hydrogen-bond acceptors (Lipinski definition) is 4. The molecule has 0 saturated carbocycles.